The summed E-state index contributed by atoms with van der Waals surface area (Å²) in [6.07, 6.45) is 1.05. The van der Waals surface area contributed by atoms with Crippen molar-refractivity contribution in [3.63, 3.8) is 0 Å². The van der Waals surface area contributed by atoms with Gasteiger partial charge in [-0.15, -0.1) is 0 Å². The minimum Gasteiger partial charge on any atom is -0.507 e. The van der Waals surface area contributed by atoms with Gasteiger partial charge in [0.1, 0.15) is 5.75 Å². The Morgan fingerprint density at radius 3 is 2.38 bits per heavy atom. The van der Waals surface area contributed by atoms with Gasteiger partial charge in [-0.1, -0.05) is 53.5 Å². The third-order valence-corrected chi connectivity index (χ3v) is 6.78. The van der Waals surface area contributed by atoms with Crippen LogP contribution in [0.25, 0.3) is 0 Å². The Hall–Kier alpha value is -3.55. The molecule has 37 heavy (non-hydrogen) atoms. The van der Waals surface area contributed by atoms with Crippen molar-refractivity contribution in [2.24, 2.45) is 0 Å². The minimum absolute atomic E-state index is 0.0988. The predicted molar refractivity (Wildman–Crippen MR) is 141 cm³/mol. The number of hydrogen-bond donors (Lipinski definition) is 2. The second-order valence-electron chi connectivity index (χ2n) is 9.07. The molecule has 0 bridgehead atoms. The summed E-state index contributed by atoms with van der Waals surface area (Å²) >= 11 is 12.6. The molecule has 0 spiro atoms. The number of aryl methyl sites for hydroxylation is 1. The number of benzene rings is 3. The monoisotopic (exact) mass is 541 g/mol. The maximum atomic E-state index is 13.6. The van der Waals surface area contributed by atoms with E-state index in [4.69, 9.17) is 27.9 Å². The van der Waals surface area contributed by atoms with Gasteiger partial charge in [-0.25, -0.2) is 9.59 Å². The number of ether oxygens (including phenoxy) is 1. The Morgan fingerprint density at radius 1 is 1.03 bits per heavy atom. The number of esters is 1. The molecule has 1 aliphatic heterocycles. The molecule has 192 valence electrons. The van der Waals surface area contributed by atoms with E-state index in [9.17, 15) is 24.6 Å². The molecule has 0 fully saturated rings. The summed E-state index contributed by atoms with van der Waals surface area (Å²) in [6.45, 7) is 4.68. The van der Waals surface area contributed by atoms with Gasteiger partial charge in [-0.2, -0.15) is 0 Å². The van der Waals surface area contributed by atoms with Crippen molar-refractivity contribution in [2.45, 2.75) is 39.3 Å². The molecule has 9 heteroatoms. The minimum atomic E-state index is -1.54. The molecule has 2 N–H and O–H groups in total. The lowest BCUT2D eigenvalue weighted by atomic mass is 9.92. The van der Waals surface area contributed by atoms with Crippen LogP contribution in [0, 0.1) is 0 Å². The van der Waals surface area contributed by atoms with Crippen LogP contribution in [0.4, 0.5) is 5.69 Å². The first kappa shape index (κ1) is 26.5. The third kappa shape index (κ3) is 5.43. The largest absolute Gasteiger partial charge is 0.507 e. The van der Waals surface area contributed by atoms with Crippen molar-refractivity contribution in [1.82, 2.24) is 0 Å². The van der Waals surface area contributed by atoms with Crippen molar-refractivity contribution in [1.29, 1.82) is 0 Å². The smallest absolute Gasteiger partial charge is 0.339 e. The van der Waals surface area contributed by atoms with Gasteiger partial charge in [0.05, 0.1) is 38.4 Å². The number of aromatic hydroxyl groups is 1. The predicted octanol–water partition coefficient (Wildman–Crippen LogP) is 6.15. The molecule has 4 rings (SSSR count). The number of nitrogens with zero attached hydrogens (tertiary/aromatic N) is 1. The van der Waals surface area contributed by atoms with Crippen molar-refractivity contribution in [3.05, 3.63) is 92.0 Å². The van der Waals surface area contributed by atoms with Gasteiger partial charge in [0, 0.05) is 24.8 Å². The molecule has 1 heterocycles. The van der Waals surface area contributed by atoms with Crippen LogP contribution in [0.3, 0.4) is 0 Å². The highest BCUT2D eigenvalue weighted by atomic mass is 35.5. The van der Waals surface area contributed by atoms with Crippen LogP contribution >= 0.6 is 23.2 Å². The van der Waals surface area contributed by atoms with E-state index >= 15 is 0 Å². The molecule has 0 saturated carbocycles. The number of carboxylic acid groups (broad SMARTS) is 1. The lowest BCUT2D eigenvalue weighted by Gasteiger charge is -2.32. The zero-order chi connectivity index (χ0) is 26.9. The third-order valence-electron chi connectivity index (χ3n) is 6.09. The molecule has 0 aliphatic carbocycles. The lowest BCUT2D eigenvalue weighted by molar-refractivity contribution is 0.0378. The zero-order valence-corrected chi connectivity index (χ0v) is 21.8. The number of phenols is 1. The number of carbonyl (C=O) groups excluding carboxylic acids is 2. The van der Waals surface area contributed by atoms with Crippen LogP contribution < -0.4 is 4.90 Å². The quantitative estimate of drug-likeness (QED) is 0.273. The highest BCUT2D eigenvalue weighted by Gasteiger charge is 2.31. The number of fused-ring (bicyclic) bond motifs is 1. The summed E-state index contributed by atoms with van der Waals surface area (Å²) in [4.78, 5) is 40.3. The Kier molecular flexibility index (Phi) is 7.76. The number of carboxylic acids is 1. The summed E-state index contributed by atoms with van der Waals surface area (Å²) < 4.78 is 5.12. The van der Waals surface area contributed by atoms with Crippen molar-refractivity contribution in [3.8, 4) is 5.75 Å². The number of carbonyl (C=O) groups is 3. The first-order chi connectivity index (χ1) is 17.6. The van der Waals surface area contributed by atoms with E-state index in [2.05, 4.69) is 4.90 Å². The summed E-state index contributed by atoms with van der Waals surface area (Å²) in [5.74, 6) is -3.52. The molecule has 3 aromatic rings. The molecule has 0 unspecified atom stereocenters. The van der Waals surface area contributed by atoms with Crippen LogP contribution in [0.15, 0.2) is 48.5 Å². The van der Waals surface area contributed by atoms with Crippen molar-refractivity contribution in [2.75, 3.05) is 11.4 Å². The summed E-state index contributed by atoms with van der Waals surface area (Å²) in [7, 11) is 0. The topological polar surface area (TPSA) is 104 Å². The number of ketones is 1. The first-order valence-electron chi connectivity index (χ1n) is 11.7. The molecule has 0 atom stereocenters. The molecule has 7 nitrogen and oxygen atoms in total. The van der Waals surface area contributed by atoms with E-state index in [1.54, 1.807) is 19.9 Å². The average Bonchev–Trinajstić information content (AvgIpc) is 2.84. The van der Waals surface area contributed by atoms with Crippen LogP contribution in [0.5, 0.6) is 5.75 Å². The van der Waals surface area contributed by atoms with Crippen LogP contribution in [-0.4, -0.2) is 40.6 Å². The maximum absolute atomic E-state index is 13.6. The van der Waals surface area contributed by atoms with Crippen LogP contribution in [-0.2, 0) is 17.7 Å². The van der Waals surface area contributed by atoms with Crippen molar-refractivity contribution < 1.29 is 29.3 Å². The Balaban J connectivity index is 1.76. The normalized spacial score (nSPS) is 12.8. The molecule has 0 radical (unpaired) electrons. The molecule has 0 saturated heterocycles. The van der Waals surface area contributed by atoms with E-state index in [1.165, 1.54) is 6.07 Å². The highest BCUT2D eigenvalue weighted by molar-refractivity contribution is 6.41. The van der Waals surface area contributed by atoms with Gasteiger partial charge in [-0.05, 0) is 49.9 Å². The molecule has 3 aromatic carbocycles. The standard InChI is InChI=1S/C28H25Cl2NO6/c1-15(2)37-28(36)19-12-20(29)23(24(25(19)30)27(34)35)26(33)18-11-17-9-6-10-31(21(17)13-22(18)32)14-16-7-4-3-5-8-16/h3-5,7-8,11-13,15,32H,6,9-10,14H2,1-2H3,(H,34,35). The van der Waals surface area contributed by atoms with E-state index in [0.717, 1.165) is 35.8 Å². The maximum Gasteiger partial charge on any atom is 0.339 e. The zero-order valence-electron chi connectivity index (χ0n) is 20.3. The van der Waals surface area contributed by atoms with Gasteiger partial charge in [0.2, 0.25) is 0 Å². The number of phenolic OH excluding ortho intramolecular Hbond substituents is 1. The highest BCUT2D eigenvalue weighted by Crippen LogP contribution is 2.38. The second kappa shape index (κ2) is 10.8. The second-order valence-corrected chi connectivity index (χ2v) is 9.85. The molecule has 1 aliphatic rings. The number of aromatic carboxylic acids is 1. The van der Waals surface area contributed by atoms with E-state index < -0.39 is 40.0 Å². The van der Waals surface area contributed by atoms with E-state index in [1.807, 2.05) is 30.3 Å². The Morgan fingerprint density at radius 2 is 1.73 bits per heavy atom. The number of anilines is 1. The molecular weight excluding hydrogens is 517 g/mol. The van der Waals surface area contributed by atoms with Gasteiger partial charge < -0.3 is 19.8 Å². The number of halogens is 2. The fourth-order valence-corrected chi connectivity index (χ4v) is 5.05. The van der Waals surface area contributed by atoms with Gasteiger partial charge in [0.15, 0.2) is 5.78 Å². The van der Waals surface area contributed by atoms with E-state index in [0.29, 0.717) is 13.0 Å². The van der Waals surface area contributed by atoms with Gasteiger partial charge in [0.25, 0.3) is 0 Å². The average molecular weight is 542 g/mol. The number of rotatable bonds is 7. The molecule has 0 amide bonds. The van der Waals surface area contributed by atoms with Crippen LogP contribution in [0.2, 0.25) is 10.0 Å². The number of hydrogen-bond acceptors (Lipinski definition) is 6. The Labute approximate surface area is 224 Å². The SMILES string of the molecule is CC(C)OC(=O)c1cc(Cl)c(C(=O)c2cc3c(cc2O)N(Cc2ccccc2)CCC3)c(C(=O)O)c1Cl. The summed E-state index contributed by atoms with van der Waals surface area (Å²) in [5, 5.41) is 20.0. The van der Waals surface area contributed by atoms with Crippen molar-refractivity contribution >= 4 is 46.6 Å². The fraction of sp³-hybridized carbons (Fsp3) is 0.250. The fourth-order valence-electron chi connectivity index (χ4n) is 4.46. The first-order valence-corrected chi connectivity index (χ1v) is 12.5. The van der Waals surface area contributed by atoms with Crippen LogP contribution in [0.1, 0.15) is 68.0 Å². The molecule has 0 aromatic heterocycles. The van der Waals surface area contributed by atoms with E-state index in [-0.39, 0.29) is 21.9 Å². The van der Waals surface area contributed by atoms with Gasteiger partial charge >= 0.3 is 11.9 Å². The summed E-state index contributed by atoms with van der Waals surface area (Å²) in [5.41, 5.74) is 1.36. The molecular formula is C28H25Cl2NO6. The lowest BCUT2D eigenvalue weighted by Crippen LogP contribution is -2.29. The summed E-state index contributed by atoms with van der Waals surface area (Å²) in [6, 6.07) is 14.1. The Bertz CT molecular complexity index is 1390. The van der Waals surface area contributed by atoms with Gasteiger partial charge in [-0.3, -0.25) is 4.79 Å².